The molecular weight excluding hydrogens is 307 g/mol. The Labute approximate surface area is 123 Å². The standard InChI is InChI=1S/C13H9BClF3O3/c15-12-7-10(5-6-11(12)13(16,17)18)21-9-3-1-8(2-4-9)14(19)20/h1-7,19-20H. The predicted molar refractivity (Wildman–Crippen MR) is 72.8 cm³/mol. The number of benzene rings is 2. The van der Waals surface area contributed by atoms with Gasteiger partial charge in [-0.25, -0.2) is 0 Å². The summed E-state index contributed by atoms with van der Waals surface area (Å²) in [7, 11) is -1.60. The Kier molecular flexibility index (Phi) is 4.46. The Balaban J connectivity index is 2.18. The predicted octanol–water partition coefficient (Wildman–Crippen LogP) is 2.83. The molecule has 0 bridgehead atoms. The summed E-state index contributed by atoms with van der Waals surface area (Å²) >= 11 is 5.58. The Hall–Kier alpha value is -1.70. The third-order valence-electron chi connectivity index (χ3n) is 2.66. The van der Waals surface area contributed by atoms with E-state index in [2.05, 4.69) is 0 Å². The van der Waals surface area contributed by atoms with Gasteiger partial charge in [0.2, 0.25) is 0 Å². The van der Waals surface area contributed by atoms with Crippen molar-refractivity contribution in [1.82, 2.24) is 0 Å². The van der Waals surface area contributed by atoms with Crippen LogP contribution in [-0.2, 0) is 6.18 Å². The number of rotatable bonds is 3. The van der Waals surface area contributed by atoms with Gasteiger partial charge < -0.3 is 14.8 Å². The fourth-order valence-electron chi connectivity index (χ4n) is 1.63. The summed E-state index contributed by atoms with van der Waals surface area (Å²) in [5.41, 5.74) is -0.664. The minimum atomic E-state index is -4.52. The molecule has 2 aromatic rings. The molecule has 0 amide bonds. The molecule has 0 heterocycles. The van der Waals surface area contributed by atoms with Gasteiger partial charge in [-0.1, -0.05) is 23.7 Å². The third-order valence-corrected chi connectivity index (χ3v) is 2.97. The maximum absolute atomic E-state index is 12.6. The third kappa shape index (κ3) is 3.90. The van der Waals surface area contributed by atoms with E-state index < -0.39 is 23.9 Å². The van der Waals surface area contributed by atoms with Gasteiger partial charge in [0, 0.05) is 6.07 Å². The molecule has 0 aliphatic rings. The lowest BCUT2D eigenvalue weighted by Gasteiger charge is -2.11. The van der Waals surface area contributed by atoms with Crippen LogP contribution in [0.5, 0.6) is 11.5 Å². The van der Waals surface area contributed by atoms with Gasteiger partial charge in [0.25, 0.3) is 0 Å². The highest BCUT2D eigenvalue weighted by molar-refractivity contribution is 6.58. The molecule has 8 heteroatoms. The smallest absolute Gasteiger partial charge is 0.457 e. The molecule has 0 aromatic heterocycles. The summed E-state index contributed by atoms with van der Waals surface area (Å²) in [4.78, 5) is 0. The summed E-state index contributed by atoms with van der Waals surface area (Å²) in [6.07, 6.45) is -4.52. The fourth-order valence-corrected chi connectivity index (χ4v) is 1.91. The molecular formula is C13H9BClF3O3. The second-order valence-corrected chi connectivity index (χ2v) is 4.59. The van der Waals surface area contributed by atoms with Crippen molar-refractivity contribution in [2.24, 2.45) is 0 Å². The van der Waals surface area contributed by atoms with E-state index in [1.165, 1.54) is 24.3 Å². The number of hydrogen-bond acceptors (Lipinski definition) is 3. The van der Waals surface area contributed by atoms with Crippen molar-refractivity contribution < 1.29 is 28.0 Å². The molecule has 0 radical (unpaired) electrons. The van der Waals surface area contributed by atoms with Crippen molar-refractivity contribution in [3.63, 3.8) is 0 Å². The number of halogens is 4. The van der Waals surface area contributed by atoms with Gasteiger partial charge in [-0.05, 0) is 29.7 Å². The van der Waals surface area contributed by atoms with Crippen LogP contribution in [0.1, 0.15) is 5.56 Å². The van der Waals surface area contributed by atoms with E-state index in [4.69, 9.17) is 26.4 Å². The molecule has 0 spiro atoms. The van der Waals surface area contributed by atoms with Crippen LogP contribution in [0.4, 0.5) is 13.2 Å². The Bertz CT molecular complexity index is 630. The Morgan fingerprint density at radius 1 is 0.952 bits per heavy atom. The van der Waals surface area contributed by atoms with Crippen LogP contribution in [0.25, 0.3) is 0 Å². The van der Waals surface area contributed by atoms with Crippen molar-refractivity contribution >= 4 is 24.2 Å². The molecule has 0 aliphatic heterocycles. The van der Waals surface area contributed by atoms with E-state index >= 15 is 0 Å². The van der Waals surface area contributed by atoms with E-state index in [9.17, 15) is 13.2 Å². The second-order valence-electron chi connectivity index (χ2n) is 4.18. The average Bonchev–Trinajstić information content (AvgIpc) is 2.37. The lowest BCUT2D eigenvalue weighted by Crippen LogP contribution is -2.29. The van der Waals surface area contributed by atoms with Crippen LogP contribution in [0, 0.1) is 0 Å². The zero-order chi connectivity index (χ0) is 15.6. The van der Waals surface area contributed by atoms with E-state index in [0.717, 1.165) is 18.2 Å². The van der Waals surface area contributed by atoms with Gasteiger partial charge in [-0.15, -0.1) is 0 Å². The molecule has 0 aliphatic carbocycles. The van der Waals surface area contributed by atoms with Crippen LogP contribution in [0.2, 0.25) is 5.02 Å². The van der Waals surface area contributed by atoms with Crippen LogP contribution in [-0.4, -0.2) is 17.2 Å². The first-order valence-corrected chi connectivity index (χ1v) is 6.16. The molecule has 2 N–H and O–H groups in total. The number of ether oxygens (including phenoxy) is 1. The van der Waals surface area contributed by atoms with Crippen molar-refractivity contribution in [2.45, 2.75) is 6.18 Å². The van der Waals surface area contributed by atoms with Gasteiger partial charge in [0.1, 0.15) is 11.5 Å². The molecule has 2 rings (SSSR count). The van der Waals surface area contributed by atoms with Crippen molar-refractivity contribution in [3.05, 3.63) is 53.1 Å². The van der Waals surface area contributed by atoms with Gasteiger partial charge in [-0.3, -0.25) is 0 Å². The highest BCUT2D eigenvalue weighted by atomic mass is 35.5. The highest BCUT2D eigenvalue weighted by Gasteiger charge is 2.33. The van der Waals surface area contributed by atoms with E-state index in [1.807, 2.05) is 0 Å². The molecule has 0 saturated carbocycles. The van der Waals surface area contributed by atoms with Gasteiger partial charge >= 0.3 is 13.3 Å². The van der Waals surface area contributed by atoms with E-state index in [-0.39, 0.29) is 11.2 Å². The maximum Gasteiger partial charge on any atom is 0.488 e. The molecule has 110 valence electrons. The lowest BCUT2D eigenvalue weighted by atomic mass is 9.80. The molecule has 2 aromatic carbocycles. The molecule has 3 nitrogen and oxygen atoms in total. The minimum absolute atomic E-state index is 0.144. The summed E-state index contributed by atoms with van der Waals surface area (Å²) in [5, 5.41) is 17.4. The van der Waals surface area contributed by atoms with Crippen molar-refractivity contribution in [2.75, 3.05) is 0 Å². The first-order valence-electron chi connectivity index (χ1n) is 5.78. The first-order chi connectivity index (χ1) is 9.77. The minimum Gasteiger partial charge on any atom is -0.457 e. The van der Waals surface area contributed by atoms with Crippen molar-refractivity contribution in [1.29, 1.82) is 0 Å². The van der Waals surface area contributed by atoms with Crippen LogP contribution < -0.4 is 10.2 Å². The van der Waals surface area contributed by atoms with Gasteiger partial charge in [0.15, 0.2) is 0 Å². The monoisotopic (exact) mass is 316 g/mol. The molecule has 21 heavy (non-hydrogen) atoms. The van der Waals surface area contributed by atoms with Gasteiger partial charge in [-0.2, -0.15) is 13.2 Å². The quantitative estimate of drug-likeness (QED) is 0.856. The molecule has 0 saturated heterocycles. The summed E-state index contributed by atoms with van der Waals surface area (Å²) in [6.45, 7) is 0. The summed E-state index contributed by atoms with van der Waals surface area (Å²) < 4.78 is 43.0. The normalized spacial score (nSPS) is 11.3. The first kappa shape index (κ1) is 15.7. The van der Waals surface area contributed by atoms with Crippen LogP contribution in [0.3, 0.4) is 0 Å². The van der Waals surface area contributed by atoms with Gasteiger partial charge in [0.05, 0.1) is 10.6 Å². The van der Waals surface area contributed by atoms with E-state index in [0.29, 0.717) is 5.75 Å². The zero-order valence-corrected chi connectivity index (χ0v) is 11.2. The fraction of sp³-hybridized carbons (Fsp3) is 0.0769. The second kappa shape index (κ2) is 5.97. The lowest BCUT2D eigenvalue weighted by molar-refractivity contribution is -0.137. The molecule has 0 unspecified atom stereocenters. The summed E-state index contributed by atoms with van der Waals surface area (Å²) in [6, 6.07) is 8.82. The van der Waals surface area contributed by atoms with Crippen LogP contribution in [0.15, 0.2) is 42.5 Å². The van der Waals surface area contributed by atoms with E-state index in [1.54, 1.807) is 0 Å². The SMILES string of the molecule is OB(O)c1ccc(Oc2ccc(C(F)(F)F)c(Cl)c2)cc1. The Morgan fingerprint density at radius 2 is 1.52 bits per heavy atom. The molecule has 0 atom stereocenters. The number of hydrogen-bond donors (Lipinski definition) is 2. The summed E-state index contributed by atoms with van der Waals surface area (Å²) in [5.74, 6) is 0.473. The van der Waals surface area contributed by atoms with Crippen molar-refractivity contribution in [3.8, 4) is 11.5 Å². The zero-order valence-electron chi connectivity index (χ0n) is 10.4. The van der Waals surface area contributed by atoms with Crippen LogP contribution >= 0.6 is 11.6 Å². The highest BCUT2D eigenvalue weighted by Crippen LogP contribution is 2.37. The number of alkyl halides is 3. The largest absolute Gasteiger partial charge is 0.488 e. The maximum atomic E-state index is 12.6. The molecule has 0 fully saturated rings. The topological polar surface area (TPSA) is 49.7 Å². The Morgan fingerprint density at radius 3 is 2.00 bits per heavy atom. The average molecular weight is 316 g/mol.